The molecule has 0 radical (unpaired) electrons. The van der Waals surface area contributed by atoms with Crippen LogP contribution in [0.1, 0.15) is 39.5 Å². The van der Waals surface area contributed by atoms with Crippen molar-refractivity contribution in [3.8, 4) is 0 Å². The highest BCUT2D eigenvalue weighted by Crippen LogP contribution is 2.32. The van der Waals surface area contributed by atoms with Crippen molar-refractivity contribution in [1.29, 1.82) is 0 Å². The summed E-state index contributed by atoms with van der Waals surface area (Å²) in [6.45, 7) is 5.64. The second-order valence-corrected chi connectivity index (χ2v) is 8.31. The van der Waals surface area contributed by atoms with Crippen LogP contribution < -0.4 is 10.6 Å². The maximum atomic E-state index is 12.1. The molecule has 0 aromatic rings. The molecule has 2 aliphatic rings. The van der Waals surface area contributed by atoms with E-state index in [1.165, 1.54) is 0 Å². The Balaban J connectivity index is 1.70. The van der Waals surface area contributed by atoms with Gasteiger partial charge in [0.2, 0.25) is 10.0 Å². The predicted molar refractivity (Wildman–Crippen MR) is 77.9 cm³/mol. The molecule has 2 N–H and O–H groups in total. The Labute approximate surface area is 121 Å². The fourth-order valence-electron chi connectivity index (χ4n) is 2.49. The highest BCUT2D eigenvalue weighted by molar-refractivity contribution is 7.90. The summed E-state index contributed by atoms with van der Waals surface area (Å²) in [5.41, 5.74) is 0. The maximum absolute atomic E-state index is 12.1. The smallest absolute Gasteiger partial charge is 0.314 e. The molecule has 7 heteroatoms. The van der Waals surface area contributed by atoms with E-state index in [4.69, 9.17) is 0 Å². The van der Waals surface area contributed by atoms with Crippen LogP contribution in [0.25, 0.3) is 0 Å². The molecule has 2 amide bonds. The number of hydrogen-bond acceptors (Lipinski definition) is 3. The first-order valence-electron chi connectivity index (χ1n) is 7.43. The van der Waals surface area contributed by atoms with E-state index in [2.05, 4.69) is 10.6 Å². The van der Waals surface area contributed by atoms with Crippen LogP contribution in [0.15, 0.2) is 0 Å². The summed E-state index contributed by atoms with van der Waals surface area (Å²) in [7, 11) is -3.03. The molecule has 1 aliphatic carbocycles. The molecule has 1 saturated carbocycles. The second-order valence-electron chi connectivity index (χ2n) is 6.10. The first kappa shape index (κ1) is 15.6. The zero-order valence-corrected chi connectivity index (χ0v) is 13.1. The third kappa shape index (κ3) is 4.09. The van der Waals surface area contributed by atoms with Gasteiger partial charge < -0.3 is 10.6 Å². The van der Waals surface area contributed by atoms with Crippen molar-refractivity contribution in [1.82, 2.24) is 14.9 Å². The van der Waals surface area contributed by atoms with Crippen LogP contribution >= 0.6 is 0 Å². The SMILES string of the molecule is CC(C)NC(=O)NCC1CCN(S(=O)(=O)C2CC2)CC1. The van der Waals surface area contributed by atoms with E-state index in [0.717, 1.165) is 25.7 Å². The van der Waals surface area contributed by atoms with Crippen LogP contribution in [-0.2, 0) is 10.0 Å². The Morgan fingerprint density at radius 1 is 1.20 bits per heavy atom. The minimum Gasteiger partial charge on any atom is -0.338 e. The first-order chi connectivity index (χ1) is 9.39. The number of rotatable bonds is 5. The molecule has 0 spiro atoms. The summed E-state index contributed by atoms with van der Waals surface area (Å²) in [6.07, 6.45) is 3.29. The summed E-state index contributed by atoms with van der Waals surface area (Å²) in [5, 5.41) is 5.52. The number of carbonyl (C=O) groups excluding carboxylic acids is 1. The molecule has 1 saturated heterocycles. The molecule has 6 nitrogen and oxygen atoms in total. The minimum absolute atomic E-state index is 0.117. The van der Waals surface area contributed by atoms with Crippen molar-refractivity contribution in [2.24, 2.45) is 5.92 Å². The van der Waals surface area contributed by atoms with Gasteiger partial charge in [-0.1, -0.05) is 0 Å². The molecule has 0 bridgehead atoms. The van der Waals surface area contributed by atoms with Crippen molar-refractivity contribution in [3.63, 3.8) is 0 Å². The van der Waals surface area contributed by atoms with Crippen molar-refractivity contribution >= 4 is 16.1 Å². The molecule has 116 valence electrons. The zero-order valence-electron chi connectivity index (χ0n) is 12.3. The Hall–Kier alpha value is -0.820. The summed E-state index contributed by atoms with van der Waals surface area (Å²) in [6, 6.07) is -0.0198. The predicted octanol–water partition coefficient (Wildman–Crippen LogP) is 0.898. The van der Waals surface area contributed by atoms with E-state index in [0.29, 0.717) is 25.6 Å². The average molecular weight is 303 g/mol. The van der Waals surface area contributed by atoms with Gasteiger partial charge in [-0.25, -0.2) is 17.5 Å². The van der Waals surface area contributed by atoms with Gasteiger partial charge in [0.25, 0.3) is 0 Å². The molecule has 2 fully saturated rings. The lowest BCUT2D eigenvalue weighted by Crippen LogP contribution is -2.45. The van der Waals surface area contributed by atoms with E-state index >= 15 is 0 Å². The number of urea groups is 1. The second kappa shape index (κ2) is 6.30. The minimum atomic E-state index is -3.03. The third-order valence-corrected chi connectivity index (χ3v) is 6.25. The Bertz CT molecular complexity index is 438. The molecule has 0 unspecified atom stereocenters. The van der Waals surface area contributed by atoms with Gasteiger partial charge >= 0.3 is 6.03 Å². The fourth-order valence-corrected chi connectivity index (χ4v) is 4.37. The van der Waals surface area contributed by atoms with Crippen LogP contribution in [0.4, 0.5) is 4.79 Å². The van der Waals surface area contributed by atoms with Gasteiger partial charge in [-0.3, -0.25) is 0 Å². The number of nitrogens with zero attached hydrogens (tertiary/aromatic N) is 1. The van der Waals surface area contributed by atoms with E-state index in [1.807, 2.05) is 13.8 Å². The molecular formula is C13H25N3O3S. The number of nitrogens with one attached hydrogen (secondary N) is 2. The summed E-state index contributed by atoms with van der Waals surface area (Å²) in [5.74, 6) is 0.374. The van der Waals surface area contributed by atoms with Gasteiger partial charge in [-0.2, -0.15) is 0 Å². The van der Waals surface area contributed by atoms with Crippen molar-refractivity contribution < 1.29 is 13.2 Å². The Kier molecular flexibility index (Phi) is 4.90. The first-order valence-corrected chi connectivity index (χ1v) is 8.93. The highest BCUT2D eigenvalue weighted by Gasteiger charge is 2.41. The standard InChI is InChI=1S/C13H25N3O3S/c1-10(2)15-13(17)14-9-11-5-7-16(8-6-11)20(18,19)12-3-4-12/h10-12H,3-9H2,1-2H3,(H2,14,15,17). The summed E-state index contributed by atoms with van der Waals surface area (Å²) >= 11 is 0. The quantitative estimate of drug-likeness (QED) is 0.792. The molecule has 0 aromatic heterocycles. The molecule has 1 aliphatic heterocycles. The van der Waals surface area contributed by atoms with E-state index in [9.17, 15) is 13.2 Å². The average Bonchev–Trinajstić information content (AvgIpc) is 3.20. The lowest BCUT2D eigenvalue weighted by Gasteiger charge is -2.31. The van der Waals surface area contributed by atoms with Crippen LogP contribution in [0, 0.1) is 5.92 Å². The molecule has 20 heavy (non-hydrogen) atoms. The van der Waals surface area contributed by atoms with Gasteiger partial charge in [0.05, 0.1) is 5.25 Å². The van der Waals surface area contributed by atoms with E-state index < -0.39 is 10.0 Å². The maximum Gasteiger partial charge on any atom is 0.314 e. The van der Waals surface area contributed by atoms with Gasteiger partial charge in [0.15, 0.2) is 0 Å². The van der Waals surface area contributed by atoms with Crippen molar-refractivity contribution in [3.05, 3.63) is 0 Å². The Morgan fingerprint density at radius 2 is 1.80 bits per heavy atom. The molecule has 0 atom stereocenters. The van der Waals surface area contributed by atoms with Gasteiger partial charge in [-0.15, -0.1) is 0 Å². The molecule has 1 heterocycles. The number of carbonyl (C=O) groups is 1. The van der Waals surface area contributed by atoms with Crippen LogP contribution in [0.2, 0.25) is 0 Å². The Morgan fingerprint density at radius 3 is 2.30 bits per heavy atom. The summed E-state index contributed by atoms with van der Waals surface area (Å²) in [4.78, 5) is 11.5. The van der Waals surface area contributed by atoms with Gasteiger partial charge in [-0.05, 0) is 45.4 Å². The number of sulfonamides is 1. The van der Waals surface area contributed by atoms with Crippen molar-refractivity contribution in [2.75, 3.05) is 19.6 Å². The fraction of sp³-hybridized carbons (Fsp3) is 0.923. The molecule has 2 rings (SSSR count). The van der Waals surface area contributed by atoms with Crippen LogP contribution in [-0.4, -0.2) is 49.7 Å². The molecular weight excluding hydrogens is 278 g/mol. The summed E-state index contributed by atoms with van der Waals surface area (Å²) < 4.78 is 25.8. The van der Waals surface area contributed by atoms with Crippen molar-refractivity contribution in [2.45, 2.75) is 50.8 Å². The third-order valence-electron chi connectivity index (χ3n) is 3.85. The van der Waals surface area contributed by atoms with E-state index in [-0.39, 0.29) is 17.3 Å². The van der Waals surface area contributed by atoms with Crippen LogP contribution in [0.5, 0.6) is 0 Å². The number of amides is 2. The normalized spacial score (nSPS) is 21.9. The zero-order chi connectivity index (χ0) is 14.8. The number of piperidine rings is 1. The van der Waals surface area contributed by atoms with Gasteiger partial charge in [0, 0.05) is 25.7 Å². The van der Waals surface area contributed by atoms with Crippen LogP contribution in [0.3, 0.4) is 0 Å². The topological polar surface area (TPSA) is 78.5 Å². The van der Waals surface area contributed by atoms with Gasteiger partial charge in [0.1, 0.15) is 0 Å². The lowest BCUT2D eigenvalue weighted by atomic mass is 9.98. The monoisotopic (exact) mass is 303 g/mol. The molecule has 0 aromatic carbocycles. The van der Waals surface area contributed by atoms with E-state index in [1.54, 1.807) is 4.31 Å². The lowest BCUT2D eigenvalue weighted by molar-refractivity contribution is 0.229. The largest absolute Gasteiger partial charge is 0.338 e. The number of hydrogen-bond donors (Lipinski definition) is 2. The highest BCUT2D eigenvalue weighted by atomic mass is 32.2.